The Balaban J connectivity index is 2.47. The minimum absolute atomic E-state index is 0.0572. The number of allylic oxidation sites excluding steroid dienone is 2. The highest BCUT2D eigenvalue weighted by Gasteiger charge is 2.38. The molecule has 1 aromatic carbocycles. The van der Waals surface area contributed by atoms with E-state index < -0.39 is 36.3 Å². The largest absolute Gasteiger partial charge is 0.350 e. The van der Waals surface area contributed by atoms with Crippen LogP contribution in [0, 0.1) is 0 Å². The maximum absolute atomic E-state index is 13.4. The molecule has 29 heavy (non-hydrogen) atoms. The van der Waals surface area contributed by atoms with Crippen LogP contribution in [0.5, 0.6) is 0 Å². The molecule has 1 aromatic heterocycles. The smallest absolute Gasteiger partial charge is 0.342 e. The molecule has 0 bridgehead atoms. The first-order valence-electron chi connectivity index (χ1n) is 9.05. The molecule has 0 saturated carbocycles. The number of hydrogen-bond donors (Lipinski definition) is 2. The number of nitrogens with one attached hydrogen (secondary N) is 2. The van der Waals surface area contributed by atoms with Crippen LogP contribution >= 0.6 is 7.60 Å². The zero-order valence-corrected chi connectivity index (χ0v) is 17.5. The number of Topliss-reactive ketones (excluding diaryl/α,β-unsaturated/α-hetero) is 1. The predicted molar refractivity (Wildman–Crippen MR) is 111 cm³/mol. The van der Waals surface area contributed by atoms with E-state index in [1.54, 1.807) is 38.1 Å². The van der Waals surface area contributed by atoms with Gasteiger partial charge in [-0.15, -0.1) is 0 Å². The van der Waals surface area contributed by atoms with Crippen molar-refractivity contribution < 1.29 is 27.6 Å². The summed E-state index contributed by atoms with van der Waals surface area (Å²) in [7, 11) is -3.72. The standard InChI is InChI=1S/C20H24FN2O5P/c1-6-27-29(26,28-7-2)14(5)20(25)23-17-15-10-8-9-11-16(15)22-18(17)19(24)12(3)13(4)21/h8-11,14,22H,3-4,6-7H2,1-2,5H3,(H,23,25). The topological polar surface area (TPSA) is 97.5 Å². The second-order valence-electron chi connectivity index (χ2n) is 6.17. The number of aromatic nitrogens is 1. The molecule has 0 aliphatic rings. The van der Waals surface area contributed by atoms with E-state index in [-0.39, 0.29) is 24.6 Å². The molecule has 2 rings (SSSR count). The molecule has 2 N–H and O–H groups in total. The summed E-state index contributed by atoms with van der Waals surface area (Å²) in [5.74, 6) is -2.40. The number of ketones is 1. The zero-order chi connectivity index (χ0) is 21.8. The zero-order valence-electron chi connectivity index (χ0n) is 16.6. The van der Waals surface area contributed by atoms with Gasteiger partial charge in [0.1, 0.15) is 17.2 Å². The van der Waals surface area contributed by atoms with Crippen molar-refractivity contribution in [2.75, 3.05) is 18.5 Å². The molecule has 1 unspecified atom stereocenters. The molecular formula is C20H24FN2O5P. The highest BCUT2D eigenvalue weighted by atomic mass is 31.2. The second kappa shape index (κ2) is 9.31. The number of H-pyrrole nitrogens is 1. The molecule has 156 valence electrons. The highest BCUT2D eigenvalue weighted by molar-refractivity contribution is 7.55. The van der Waals surface area contributed by atoms with Gasteiger partial charge < -0.3 is 19.3 Å². The Bertz CT molecular complexity index is 1000. The van der Waals surface area contributed by atoms with Gasteiger partial charge in [0, 0.05) is 10.9 Å². The van der Waals surface area contributed by atoms with Gasteiger partial charge in [0.2, 0.25) is 11.7 Å². The van der Waals surface area contributed by atoms with Gasteiger partial charge in [-0.25, -0.2) is 4.39 Å². The molecule has 1 heterocycles. The fourth-order valence-electron chi connectivity index (χ4n) is 2.71. The minimum atomic E-state index is -3.72. The number of para-hydroxylation sites is 1. The molecule has 1 atom stereocenters. The summed E-state index contributed by atoms with van der Waals surface area (Å²) in [5.41, 5.74) is -0.954. The van der Waals surface area contributed by atoms with E-state index in [2.05, 4.69) is 23.5 Å². The Kier molecular flexibility index (Phi) is 7.30. The summed E-state index contributed by atoms with van der Waals surface area (Å²) < 4.78 is 36.8. The molecule has 0 radical (unpaired) electrons. The summed E-state index contributed by atoms with van der Waals surface area (Å²) in [6.45, 7) is 11.4. The number of amides is 1. The molecule has 2 aromatic rings. The van der Waals surface area contributed by atoms with E-state index in [4.69, 9.17) is 9.05 Å². The van der Waals surface area contributed by atoms with Gasteiger partial charge in [0.15, 0.2) is 0 Å². The van der Waals surface area contributed by atoms with E-state index >= 15 is 0 Å². The van der Waals surface area contributed by atoms with Gasteiger partial charge in [0.05, 0.1) is 24.5 Å². The molecule has 1 amide bonds. The van der Waals surface area contributed by atoms with Crippen LogP contribution in [0.3, 0.4) is 0 Å². The number of benzene rings is 1. The number of anilines is 1. The third kappa shape index (κ3) is 4.72. The Morgan fingerprint density at radius 3 is 2.34 bits per heavy atom. The van der Waals surface area contributed by atoms with Crippen LogP contribution in [-0.2, 0) is 18.4 Å². The summed E-state index contributed by atoms with van der Waals surface area (Å²) >= 11 is 0. The number of fused-ring (bicyclic) bond motifs is 1. The number of rotatable bonds is 10. The first-order chi connectivity index (χ1) is 13.7. The third-order valence-corrected chi connectivity index (χ3v) is 6.67. The third-order valence-electron chi connectivity index (χ3n) is 4.25. The first kappa shape index (κ1) is 22.7. The summed E-state index contributed by atoms with van der Waals surface area (Å²) in [6.07, 6.45) is 0. The van der Waals surface area contributed by atoms with E-state index in [9.17, 15) is 18.5 Å². The number of halogens is 1. The van der Waals surface area contributed by atoms with Gasteiger partial charge >= 0.3 is 7.60 Å². The molecule has 7 nitrogen and oxygen atoms in total. The van der Waals surface area contributed by atoms with E-state index in [1.807, 2.05) is 0 Å². The van der Waals surface area contributed by atoms with Crippen molar-refractivity contribution in [1.29, 1.82) is 0 Å². The van der Waals surface area contributed by atoms with Crippen molar-refractivity contribution in [2.45, 2.75) is 26.4 Å². The van der Waals surface area contributed by atoms with Crippen molar-refractivity contribution in [3.8, 4) is 0 Å². The number of aromatic amines is 1. The molecule has 9 heteroatoms. The van der Waals surface area contributed by atoms with Gasteiger partial charge in [0.25, 0.3) is 0 Å². The maximum atomic E-state index is 13.4. The van der Waals surface area contributed by atoms with Crippen molar-refractivity contribution >= 4 is 35.9 Å². The van der Waals surface area contributed by atoms with Crippen LogP contribution in [-0.4, -0.2) is 35.5 Å². The van der Waals surface area contributed by atoms with Gasteiger partial charge in [-0.05, 0) is 26.8 Å². The van der Waals surface area contributed by atoms with E-state index in [0.717, 1.165) is 0 Å². The molecular weight excluding hydrogens is 398 g/mol. The summed E-state index contributed by atoms with van der Waals surface area (Å²) in [5, 5.41) is 3.14. The molecule has 0 fully saturated rings. The number of hydrogen-bond acceptors (Lipinski definition) is 5. The highest BCUT2D eigenvalue weighted by Crippen LogP contribution is 2.53. The van der Waals surface area contributed by atoms with Crippen LogP contribution < -0.4 is 5.32 Å². The summed E-state index contributed by atoms with van der Waals surface area (Å²) in [4.78, 5) is 28.4. The molecule has 0 aliphatic heterocycles. The Labute approximate surface area is 168 Å². The fourth-order valence-corrected chi connectivity index (χ4v) is 4.30. The number of carbonyl (C=O) groups is 2. The lowest BCUT2D eigenvalue weighted by molar-refractivity contribution is -0.116. The quantitative estimate of drug-likeness (QED) is 0.244. The van der Waals surface area contributed by atoms with Crippen LogP contribution in [0.1, 0.15) is 31.3 Å². The lowest BCUT2D eigenvalue weighted by atomic mass is 10.1. The lowest BCUT2D eigenvalue weighted by Gasteiger charge is -2.22. The Morgan fingerprint density at radius 1 is 1.21 bits per heavy atom. The van der Waals surface area contributed by atoms with Crippen molar-refractivity contribution in [2.24, 2.45) is 0 Å². The number of carbonyl (C=O) groups excluding carboxylic acids is 2. The molecule has 0 aliphatic carbocycles. The predicted octanol–water partition coefficient (Wildman–Crippen LogP) is 4.98. The molecule has 0 spiro atoms. The average Bonchev–Trinajstić information content (AvgIpc) is 3.05. The average molecular weight is 422 g/mol. The molecule has 0 saturated heterocycles. The second-order valence-corrected chi connectivity index (χ2v) is 8.54. The van der Waals surface area contributed by atoms with Crippen molar-refractivity contribution in [1.82, 2.24) is 4.98 Å². The minimum Gasteiger partial charge on any atom is -0.350 e. The van der Waals surface area contributed by atoms with Crippen LogP contribution in [0.25, 0.3) is 10.9 Å². The van der Waals surface area contributed by atoms with Gasteiger partial charge in [-0.3, -0.25) is 14.2 Å². The SMILES string of the molecule is C=C(F)C(=C)C(=O)c1[nH]c2ccccc2c1NC(=O)C(C)P(=O)(OCC)OCC. The van der Waals surface area contributed by atoms with Gasteiger partial charge in [-0.2, -0.15) is 0 Å². The van der Waals surface area contributed by atoms with E-state index in [1.165, 1.54) is 6.92 Å². The van der Waals surface area contributed by atoms with Gasteiger partial charge in [-0.1, -0.05) is 31.4 Å². The fraction of sp³-hybridized carbons (Fsp3) is 0.300. The van der Waals surface area contributed by atoms with E-state index in [0.29, 0.717) is 10.9 Å². The van der Waals surface area contributed by atoms with Crippen molar-refractivity contribution in [3.05, 3.63) is 54.5 Å². The van der Waals surface area contributed by atoms with Crippen LogP contribution in [0.2, 0.25) is 0 Å². The Hall–Kier alpha value is -2.54. The van der Waals surface area contributed by atoms with Crippen molar-refractivity contribution in [3.63, 3.8) is 0 Å². The monoisotopic (exact) mass is 422 g/mol. The Morgan fingerprint density at radius 2 is 1.79 bits per heavy atom. The summed E-state index contributed by atoms with van der Waals surface area (Å²) in [6, 6.07) is 6.84. The van der Waals surface area contributed by atoms with Crippen LogP contribution in [0.4, 0.5) is 10.1 Å². The first-order valence-corrected chi connectivity index (χ1v) is 10.7. The van der Waals surface area contributed by atoms with Crippen LogP contribution in [0.15, 0.2) is 48.8 Å². The normalized spacial score (nSPS) is 12.6. The lowest BCUT2D eigenvalue weighted by Crippen LogP contribution is -2.27. The maximum Gasteiger partial charge on any atom is 0.342 e.